The molecule has 1 unspecified atom stereocenters. The topological polar surface area (TPSA) is 9.23 Å². The fourth-order valence-electron chi connectivity index (χ4n) is 1.91. The van der Waals surface area contributed by atoms with E-state index in [2.05, 4.69) is 31.9 Å². The highest BCUT2D eigenvalue weighted by Crippen LogP contribution is 2.43. The molecule has 6 heteroatoms. The zero-order valence-electron chi connectivity index (χ0n) is 11.0. The van der Waals surface area contributed by atoms with Gasteiger partial charge in [0.1, 0.15) is 11.6 Å². The van der Waals surface area contributed by atoms with Crippen LogP contribution in [-0.2, 0) is 0 Å². The van der Waals surface area contributed by atoms with Crippen molar-refractivity contribution in [2.75, 3.05) is 6.61 Å². The van der Waals surface area contributed by atoms with E-state index in [0.717, 1.165) is 0 Å². The van der Waals surface area contributed by atoms with Gasteiger partial charge in [0.2, 0.25) is 0 Å². The predicted molar refractivity (Wildman–Crippen MR) is 92.5 cm³/mol. The molecule has 0 aromatic heterocycles. The van der Waals surface area contributed by atoms with E-state index >= 15 is 0 Å². The molecule has 0 radical (unpaired) electrons. The van der Waals surface area contributed by atoms with Crippen LogP contribution in [0.15, 0.2) is 34.8 Å². The smallest absolute Gasteiger partial charge is 0.139 e. The van der Waals surface area contributed by atoms with Crippen molar-refractivity contribution in [3.05, 3.63) is 61.8 Å². The van der Waals surface area contributed by atoms with Crippen LogP contribution in [-0.4, -0.2) is 6.61 Å². The Bertz CT molecular complexity index is 644. The normalized spacial score (nSPS) is 12.3. The first-order valence-electron chi connectivity index (χ1n) is 6.15. The molecule has 0 aliphatic rings. The Morgan fingerprint density at radius 1 is 1.24 bits per heavy atom. The van der Waals surface area contributed by atoms with Gasteiger partial charge in [-0.2, -0.15) is 0 Å². The lowest BCUT2D eigenvalue weighted by Gasteiger charge is -2.17. The van der Waals surface area contributed by atoms with E-state index in [0.29, 0.717) is 38.0 Å². The van der Waals surface area contributed by atoms with E-state index in [1.807, 2.05) is 6.92 Å². The van der Waals surface area contributed by atoms with Crippen LogP contribution in [0, 0.1) is 5.82 Å². The molecule has 0 N–H and O–H groups in total. The van der Waals surface area contributed by atoms with Crippen LogP contribution in [0.1, 0.15) is 22.9 Å². The van der Waals surface area contributed by atoms with Crippen molar-refractivity contribution < 1.29 is 9.13 Å². The largest absolute Gasteiger partial charge is 0.492 e. The van der Waals surface area contributed by atoms with Crippen LogP contribution in [0.2, 0.25) is 10.0 Å². The zero-order chi connectivity index (χ0) is 15.6. The summed E-state index contributed by atoms with van der Waals surface area (Å²) in [5, 5.41) is 0.896. The third-order valence-electron chi connectivity index (χ3n) is 2.88. The van der Waals surface area contributed by atoms with Crippen LogP contribution in [0.5, 0.6) is 5.75 Å². The zero-order valence-corrected chi connectivity index (χ0v) is 15.7. The molecule has 2 aromatic carbocycles. The molecule has 2 aromatic rings. The first-order valence-corrected chi connectivity index (χ1v) is 8.61. The fourth-order valence-corrected chi connectivity index (χ4v) is 4.26. The van der Waals surface area contributed by atoms with Crippen LogP contribution in [0.4, 0.5) is 4.39 Å². The lowest BCUT2D eigenvalue weighted by atomic mass is 10.0. The summed E-state index contributed by atoms with van der Waals surface area (Å²) in [4.78, 5) is -0.422. The Morgan fingerprint density at radius 2 is 1.95 bits per heavy atom. The molecule has 1 nitrogen and oxygen atoms in total. The lowest BCUT2D eigenvalue weighted by Crippen LogP contribution is -2.00. The van der Waals surface area contributed by atoms with Crippen molar-refractivity contribution in [3.8, 4) is 5.75 Å². The number of benzene rings is 2. The van der Waals surface area contributed by atoms with Crippen molar-refractivity contribution in [1.29, 1.82) is 0 Å². The van der Waals surface area contributed by atoms with Gasteiger partial charge >= 0.3 is 0 Å². The van der Waals surface area contributed by atoms with Gasteiger partial charge in [-0.25, -0.2) is 4.39 Å². The summed E-state index contributed by atoms with van der Waals surface area (Å²) in [7, 11) is 0. The number of ether oxygens (including phenoxy) is 1. The third-order valence-corrected chi connectivity index (χ3v) is 5.14. The van der Waals surface area contributed by atoms with E-state index in [4.69, 9.17) is 27.9 Å². The molecule has 0 amide bonds. The van der Waals surface area contributed by atoms with Gasteiger partial charge in [0.15, 0.2) is 0 Å². The quantitative estimate of drug-likeness (QED) is 0.461. The Balaban J connectivity index is 2.49. The molecule has 1 atom stereocenters. The summed E-state index contributed by atoms with van der Waals surface area (Å²) >= 11 is 19.3. The molecule has 112 valence electrons. The predicted octanol–water partition coefficient (Wildman–Crippen LogP) is 6.78. The molecule has 0 fully saturated rings. The van der Waals surface area contributed by atoms with E-state index in [1.165, 1.54) is 6.07 Å². The van der Waals surface area contributed by atoms with Crippen molar-refractivity contribution in [1.82, 2.24) is 0 Å². The second kappa shape index (κ2) is 7.32. The van der Waals surface area contributed by atoms with Crippen molar-refractivity contribution in [3.63, 3.8) is 0 Å². The summed E-state index contributed by atoms with van der Waals surface area (Å²) in [6.07, 6.45) is 0. The lowest BCUT2D eigenvalue weighted by molar-refractivity contribution is 0.340. The Hall–Kier alpha value is -0.290. The maximum atomic E-state index is 14.1. The molecular weight excluding hydrogens is 446 g/mol. The van der Waals surface area contributed by atoms with Gasteiger partial charge < -0.3 is 4.74 Å². The monoisotopic (exact) mass is 454 g/mol. The molecule has 0 heterocycles. The number of alkyl halides is 1. The van der Waals surface area contributed by atoms with Gasteiger partial charge in [-0.1, -0.05) is 61.1 Å². The molecule has 0 spiro atoms. The molecule has 0 aliphatic heterocycles. The van der Waals surface area contributed by atoms with E-state index in [9.17, 15) is 4.39 Å². The van der Waals surface area contributed by atoms with Crippen molar-refractivity contribution in [2.24, 2.45) is 0 Å². The molecule has 0 aliphatic carbocycles. The number of halogens is 5. The van der Waals surface area contributed by atoms with Gasteiger partial charge in [-0.15, -0.1) is 0 Å². The third kappa shape index (κ3) is 3.73. The Labute approximate surface area is 149 Å². The number of hydrogen-bond acceptors (Lipinski definition) is 1. The second-order valence-electron chi connectivity index (χ2n) is 4.24. The first-order chi connectivity index (χ1) is 9.95. The van der Waals surface area contributed by atoms with E-state index < -0.39 is 4.83 Å². The minimum Gasteiger partial charge on any atom is -0.492 e. The van der Waals surface area contributed by atoms with Crippen LogP contribution < -0.4 is 4.74 Å². The fraction of sp³-hybridized carbons (Fsp3) is 0.200. The molecular formula is C15H11Br2Cl2FO. The van der Waals surface area contributed by atoms with Gasteiger partial charge in [0, 0.05) is 21.1 Å². The minimum atomic E-state index is -0.422. The summed E-state index contributed by atoms with van der Waals surface area (Å²) in [6.45, 7) is 2.36. The molecule has 0 saturated heterocycles. The van der Waals surface area contributed by atoms with Crippen LogP contribution in [0.3, 0.4) is 0 Å². The van der Waals surface area contributed by atoms with Crippen molar-refractivity contribution >= 4 is 55.1 Å². The molecule has 0 bridgehead atoms. The van der Waals surface area contributed by atoms with Crippen molar-refractivity contribution in [2.45, 2.75) is 11.8 Å². The summed E-state index contributed by atoms with van der Waals surface area (Å²) in [6, 6.07) is 8.14. The molecule has 0 saturated carbocycles. The first kappa shape index (κ1) is 17.1. The number of rotatable bonds is 4. The summed E-state index contributed by atoms with van der Waals surface area (Å²) in [5.41, 5.74) is 1.15. The summed E-state index contributed by atoms with van der Waals surface area (Å²) in [5.74, 6) is 0.188. The highest BCUT2D eigenvalue weighted by molar-refractivity contribution is 9.11. The summed E-state index contributed by atoms with van der Waals surface area (Å²) < 4.78 is 20.1. The standard InChI is InChI=1S/C15H11Br2Cl2FO/c1-2-21-13-7-10(18)8(6-11(13)19)15(17)14-9(16)4-3-5-12(14)20/h3-7,15H,2H2,1H3. The SMILES string of the molecule is CCOc1cc(Cl)c(C(Br)c2c(F)cccc2Br)cc1Cl. The average Bonchev–Trinajstić information content (AvgIpc) is 2.42. The average molecular weight is 457 g/mol. The minimum absolute atomic E-state index is 0.327. The van der Waals surface area contributed by atoms with Crippen LogP contribution in [0.25, 0.3) is 0 Å². The van der Waals surface area contributed by atoms with E-state index in [-0.39, 0.29) is 5.82 Å². The van der Waals surface area contributed by atoms with E-state index in [1.54, 1.807) is 24.3 Å². The Kier molecular flexibility index (Phi) is 5.95. The van der Waals surface area contributed by atoms with Gasteiger partial charge in [0.05, 0.1) is 16.5 Å². The second-order valence-corrected chi connectivity index (χ2v) is 6.82. The number of hydrogen-bond donors (Lipinski definition) is 0. The highest BCUT2D eigenvalue weighted by Gasteiger charge is 2.21. The maximum Gasteiger partial charge on any atom is 0.139 e. The van der Waals surface area contributed by atoms with Gasteiger partial charge in [0.25, 0.3) is 0 Å². The highest BCUT2D eigenvalue weighted by atomic mass is 79.9. The van der Waals surface area contributed by atoms with Crippen LogP contribution >= 0.6 is 55.1 Å². The molecule has 21 heavy (non-hydrogen) atoms. The molecule has 2 rings (SSSR count). The van der Waals surface area contributed by atoms with Gasteiger partial charge in [-0.05, 0) is 30.7 Å². The van der Waals surface area contributed by atoms with Gasteiger partial charge in [-0.3, -0.25) is 0 Å². The maximum absolute atomic E-state index is 14.1. The Morgan fingerprint density at radius 3 is 2.57 bits per heavy atom.